The van der Waals surface area contributed by atoms with Crippen molar-refractivity contribution < 1.29 is 14.3 Å². The Morgan fingerprint density at radius 1 is 0.761 bits per heavy atom. The fraction of sp³-hybridized carbons (Fsp3) is 0.0526. The number of ether oxygens (including phenoxy) is 2. The van der Waals surface area contributed by atoms with Gasteiger partial charge in [-0.1, -0.05) is 89.9 Å². The van der Waals surface area contributed by atoms with E-state index in [0.29, 0.717) is 27.1 Å². The normalized spacial score (nSPS) is 11.0. The Morgan fingerprint density at radius 2 is 1.41 bits per heavy atom. The van der Waals surface area contributed by atoms with E-state index >= 15 is 0 Å². The largest absolute Gasteiger partial charge is 0.493 e. The summed E-state index contributed by atoms with van der Waals surface area (Å²) in [5.41, 5.74) is 9.87. The average Bonchev–Trinajstić information content (AvgIpc) is 3.54. The summed E-state index contributed by atoms with van der Waals surface area (Å²) in [5, 5.41) is 5.25. The predicted octanol–water partition coefficient (Wildman–Crippen LogP) is 9.47. The van der Waals surface area contributed by atoms with Crippen molar-refractivity contribution in [1.82, 2.24) is 9.99 Å². The summed E-state index contributed by atoms with van der Waals surface area (Å²) in [7, 11) is 1.56. The number of amides is 1. The van der Waals surface area contributed by atoms with Crippen molar-refractivity contribution in [2.45, 2.75) is 6.61 Å². The molecule has 0 atom stereocenters. The monoisotopic (exact) mass is 645 g/mol. The van der Waals surface area contributed by atoms with Crippen molar-refractivity contribution in [3.8, 4) is 39.7 Å². The van der Waals surface area contributed by atoms with Crippen molar-refractivity contribution in [3.63, 3.8) is 0 Å². The topological polar surface area (TPSA) is 64.8 Å². The number of carbonyl (C=O) groups is 1. The summed E-state index contributed by atoms with van der Waals surface area (Å²) >= 11 is 12.2. The molecular formula is C38H29Cl2N3O3. The number of benzene rings is 5. The standard InChI is InChI=1S/C38H29Cl2N3O3/c1-45-37-22-26(12-21-36(37)46-25-30-13-16-31(39)23-33(30)40)24-41-42-38(44)29-14-17-32(18-15-29)43-34(27-8-4-2-5-9-27)19-20-35(43)28-10-6-3-7-11-28/h2-24H,25H2,1H3,(H,42,44)/b41-24-. The third-order valence-corrected chi connectivity index (χ3v) is 7.96. The van der Waals surface area contributed by atoms with Crippen LogP contribution in [0.5, 0.6) is 11.5 Å². The molecule has 0 saturated carbocycles. The van der Waals surface area contributed by atoms with Crippen LogP contribution in [0.15, 0.2) is 139 Å². The summed E-state index contributed by atoms with van der Waals surface area (Å²) in [5.74, 6) is 0.739. The van der Waals surface area contributed by atoms with Crippen LogP contribution in [0.1, 0.15) is 21.5 Å². The van der Waals surface area contributed by atoms with Gasteiger partial charge in [0.15, 0.2) is 11.5 Å². The van der Waals surface area contributed by atoms with E-state index in [-0.39, 0.29) is 12.5 Å². The van der Waals surface area contributed by atoms with Crippen molar-refractivity contribution in [1.29, 1.82) is 0 Å². The van der Waals surface area contributed by atoms with Crippen LogP contribution in [-0.2, 0) is 6.61 Å². The Labute approximate surface area is 277 Å². The minimum absolute atomic E-state index is 0.250. The number of rotatable bonds is 10. The molecule has 0 spiro atoms. The van der Waals surface area contributed by atoms with Gasteiger partial charge in [-0.05, 0) is 83.4 Å². The number of carbonyl (C=O) groups excluding carboxylic acids is 1. The minimum Gasteiger partial charge on any atom is -0.493 e. The minimum atomic E-state index is -0.325. The maximum Gasteiger partial charge on any atom is 0.271 e. The van der Waals surface area contributed by atoms with E-state index < -0.39 is 0 Å². The molecule has 6 rings (SSSR count). The van der Waals surface area contributed by atoms with Crippen LogP contribution in [0.2, 0.25) is 10.0 Å². The number of halogens is 2. The molecule has 8 heteroatoms. The van der Waals surface area contributed by atoms with Crippen LogP contribution in [0.4, 0.5) is 0 Å². The second kappa shape index (κ2) is 14.2. The van der Waals surface area contributed by atoms with Crippen molar-refractivity contribution in [2.75, 3.05) is 7.11 Å². The summed E-state index contributed by atoms with van der Waals surface area (Å²) in [6, 6.07) is 42.8. The van der Waals surface area contributed by atoms with Crippen LogP contribution in [-0.4, -0.2) is 23.8 Å². The van der Waals surface area contributed by atoms with Crippen molar-refractivity contribution >= 4 is 35.3 Å². The first kappa shape index (κ1) is 30.7. The zero-order chi connectivity index (χ0) is 31.9. The lowest BCUT2D eigenvalue weighted by molar-refractivity contribution is 0.0955. The number of hydrogen-bond donors (Lipinski definition) is 1. The lowest BCUT2D eigenvalue weighted by Crippen LogP contribution is -2.17. The van der Waals surface area contributed by atoms with Crippen LogP contribution < -0.4 is 14.9 Å². The number of hydrogen-bond acceptors (Lipinski definition) is 4. The van der Waals surface area contributed by atoms with Gasteiger partial charge in [-0.3, -0.25) is 4.79 Å². The maximum atomic E-state index is 13.0. The quantitative estimate of drug-likeness (QED) is 0.119. The van der Waals surface area contributed by atoms with Gasteiger partial charge in [0, 0.05) is 26.9 Å². The summed E-state index contributed by atoms with van der Waals surface area (Å²) in [4.78, 5) is 13.0. The van der Waals surface area contributed by atoms with Gasteiger partial charge >= 0.3 is 0 Å². The fourth-order valence-corrected chi connectivity index (χ4v) is 5.52. The van der Waals surface area contributed by atoms with E-state index in [9.17, 15) is 4.79 Å². The van der Waals surface area contributed by atoms with Crippen molar-refractivity contribution in [3.05, 3.63) is 160 Å². The molecule has 1 amide bonds. The smallest absolute Gasteiger partial charge is 0.271 e. The lowest BCUT2D eigenvalue weighted by atomic mass is 10.1. The molecule has 0 aliphatic rings. The highest BCUT2D eigenvalue weighted by atomic mass is 35.5. The Balaban J connectivity index is 1.15. The maximum absolute atomic E-state index is 13.0. The van der Waals surface area contributed by atoms with Gasteiger partial charge in [-0.15, -0.1) is 0 Å². The molecule has 1 aromatic heterocycles. The Hall–Kier alpha value is -5.30. The van der Waals surface area contributed by atoms with Gasteiger partial charge in [0.2, 0.25) is 0 Å². The van der Waals surface area contributed by atoms with Crippen LogP contribution in [0.25, 0.3) is 28.2 Å². The van der Waals surface area contributed by atoms with Gasteiger partial charge in [0.25, 0.3) is 5.91 Å². The Bertz CT molecular complexity index is 1930. The van der Waals surface area contributed by atoms with E-state index in [1.807, 2.05) is 60.7 Å². The highest BCUT2D eigenvalue weighted by Crippen LogP contribution is 2.33. The summed E-state index contributed by atoms with van der Waals surface area (Å²) in [6.45, 7) is 0.250. The molecule has 0 aliphatic carbocycles. The highest BCUT2D eigenvalue weighted by Gasteiger charge is 2.14. The Kier molecular flexibility index (Phi) is 9.48. The van der Waals surface area contributed by atoms with E-state index in [4.69, 9.17) is 32.7 Å². The van der Waals surface area contributed by atoms with Crippen LogP contribution >= 0.6 is 23.2 Å². The number of hydrazone groups is 1. The zero-order valence-electron chi connectivity index (χ0n) is 24.9. The number of nitrogens with one attached hydrogen (secondary N) is 1. The first-order valence-electron chi connectivity index (χ1n) is 14.5. The predicted molar refractivity (Wildman–Crippen MR) is 185 cm³/mol. The van der Waals surface area contributed by atoms with Crippen molar-refractivity contribution in [2.24, 2.45) is 5.10 Å². The second-order valence-corrected chi connectivity index (χ2v) is 11.2. The molecular weight excluding hydrogens is 617 g/mol. The third kappa shape index (κ3) is 6.99. The number of methoxy groups -OCH3 is 1. The SMILES string of the molecule is COc1cc(/C=N\NC(=O)c2ccc(-n3c(-c4ccccc4)ccc3-c3ccccc3)cc2)ccc1OCc1ccc(Cl)cc1Cl. The van der Waals surface area contributed by atoms with Gasteiger partial charge in [-0.2, -0.15) is 5.10 Å². The molecule has 0 radical (unpaired) electrons. The van der Waals surface area contributed by atoms with Crippen LogP contribution in [0.3, 0.4) is 0 Å². The molecule has 6 nitrogen and oxygen atoms in total. The number of nitrogens with zero attached hydrogens (tertiary/aromatic N) is 2. The first-order chi connectivity index (χ1) is 22.5. The van der Waals surface area contributed by atoms with E-state index in [1.54, 1.807) is 49.7 Å². The van der Waals surface area contributed by atoms with Gasteiger partial charge in [0.05, 0.1) is 24.7 Å². The van der Waals surface area contributed by atoms with Gasteiger partial charge < -0.3 is 14.0 Å². The molecule has 228 valence electrons. The van der Waals surface area contributed by atoms with E-state index in [2.05, 4.69) is 51.5 Å². The zero-order valence-corrected chi connectivity index (χ0v) is 26.4. The van der Waals surface area contributed by atoms with E-state index in [0.717, 1.165) is 39.3 Å². The number of aromatic nitrogens is 1. The van der Waals surface area contributed by atoms with E-state index in [1.165, 1.54) is 0 Å². The summed E-state index contributed by atoms with van der Waals surface area (Å²) < 4.78 is 13.6. The molecule has 0 aliphatic heterocycles. The molecule has 5 aromatic carbocycles. The summed E-state index contributed by atoms with van der Waals surface area (Å²) in [6.07, 6.45) is 1.55. The van der Waals surface area contributed by atoms with Gasteiger partial charge in [-0.25, -0.2) is 5.43 Å². The Morgan fingerprint density at radius 3 is 2.02 bits per heavy atom. The molecule has 0 saturated heterocycles. The fourth-order valence-electron chi connectivity index (χ4n) is 5.05. The first-order valence-corrected chi connectivity index (χ1v) is 15.3. The van der Waals surface area contributed by atoms with Crippen LogP contribution in [0, 0.1) is 0 Å². The highest BCUT2D eigenvalue weighted by molar-refractivity contribution is 6.35. The molecule has 6 aromatic rings. The lowest BCUT2D eigenvalue weighted by Gasteiger charge is -2.15. The second-order valence-electron chi connectivity index (χ2n) is 10.4. The van der Waals surface area contributed by atoms with Gasteiger partial charge in [0.1, 0.15) is 6.61 Å². The third-order valence-electron chi connectivity index (χ3n) is 7.37. The average molecular weight is 647 g/mol. The molecule has 0 bridgehead atoms. The molecule has 46 heavy (non-hydrogen) atoms. The molecule has 0 unspecified atom stereocenters. The molecule has 1 heterocycles. The molecule has 1 N–H and O–H groups in total. The molecule has 0 fully saturated rings.